The largest absolute Gasteiger partial charge is 0.369 e. The first kappa shape index (κ1) is 17.5. The van der Waals surface area contributed by atoms with Crippen LogP contribution >= 0.6 is 0 Å². The smallest absolute Gasteiger partial charge is 0.232 e. The van der Waals surface area contributed by atoms with Crippen molar-refractivity contribution >= 4 is 5.91 Å². The molecule has 1 heterocycles. The fourth-order valence-electron chi connectivity index (χ4n) is 4.79. The van der Waals surface area contributed by atoms with E-state index in [1.807, 2.05) is 73.9 Å². The van der Waals surface area contributed by atoms with Gasteiger partial charge in [0.05, 0.1) is 12.0 Å². The number of aryl methyl sites for hydroxylation is 1. The number of aromatic nitrogens is 2. The molecule has 0 unspecified atom stereocenters. The summed E-state index contributed by atoms with van der Waals surface area (Å²) in [6.45, 7) is 2.00. The normalized spacial score (nSPS) is 19.9. The lowest BCUT2D eigenvalue weighted by Gasteiger charge is -2.37. The molecular weight excluding hydrogens is 334 g/mol. The first-order valence-corrected chi connectivity index (χ1v) is 9.53. The monoisotopic (exact) mass is 359 g/mol. The maximum atomic E-state index is 13.1. The molecule has 0 spiro atoms. The minimum atomic E-state index is -0.813. The molecule has 1 saturated carbocycles. The number of imidazole rings is 1. The molecule has 0 saturated heterocycles. The molecule has 2 aromatic carbocycles. The molecule has 1 aromatic heterocycles. The molecule has 4 rings (SSSR count). The Hall–Kier alpha value is -2.88. The molecular formula is C23H25N3O. The van der Waals surface area contributed by atoms with Crippen molar-refractivity contribution < 1.29 is 4.79 Å². The van der Waals surface area contributed by atoms with Gasteiger partial charge in [0.1, 0.15) is 5.41 Å². The Kier molecular flexibility index (Phi) is 4.56. The van der Waals surface area contributed by atoms with Crippen LogP contribution in [-0.4, -0.2) is 15.5 Å². The molecule has 2 atom stereocenters. The average Bonchev–Trinajstić information content (AvgIpc) is 3.33. The van der Waals surface area contributed by atoms with E-state index in [0.717, 1.165) is 36.1 Å². The van der Waals surface area contributed by atoms with E-state index in [1.165, 1.54) is 0 Å². The van der Waals surface area contributed by atoms with Gasteiger partial charge < -0.3 is 10.3 Å². The number of nitrogens with zero attached hydrogens (tertiary/aromatic N) is 2. The average molecular weight is 359 g/mol. The van der Waals surface area contributed by atoms with Gasteiger partial charge in [-0.05, 0) is 43.2 Å². The zero-order valence-corrected chi connectivity index (χ0v) is 15.6. The molecule has 0 radical (unpaired) electrons. The van der Waals surface area contributed by atoms with Crippen molar-refractivity contribution in [3.8, 4) is 0 Å². The van der Waals surface area contributed by atoms with E-state index in [9.17, 15) is 4.79 Å². The van der Waals surface area contributed by atoms with Crippen LogP contribution in [0.3, 0.4) is 0 Å². The fourth-order valence-corrected chi connectivity index (χ4v) is 4.79. The molecule has 3 aromatic rings. The van der Waals surface area contributed by atoms with Gasteiger partial charge in [-0.2, -0.15) is 0 Å². The highest BCUT2D eigenvalue weighted by Crippen LogP contribution is 2.49. The second-order valence-corrected chi connectivity index (χ2v) is 7.53. The number of benzene rings is 2. The molecule has 1 aliphatic rings. The third kappa shape index (κ3) is 2.95. The van der Waals surface area contributed by atoms with Gasteiger partial charge in [0.25, 0.3) is 0 Å². The SMILES string of the molecule is Cc1cn([C@H]2CC[C@H](C(C(N)=O)(c3ccccc3)c3ccccc3)C2)cn1. The lowest BCUT2D eigenvalue weighted by molar-refractivity contribution is -0.123. The van der Waals surface area contributed by atoms with Gasteiger partial charge >= 0.3 is 0 Å². The Balaban J connectivity index is 1.80. The van der Waals surface area contributed by atoms with E-state index >= 15 is 0 Å². The summed E-state index contributed by atoms with van der Waals surface area (Å²) in [5, 5.41) is 0. The highest BCUT2D eigenvalue weighted by Gasteiger charge is 2.49. The first-order valence-electron chi connectivity index (χ1n) is 9.53. The van der Waals surface area contributed by atoms with Crippen LogP contribution in [0.1, 0.15) is 42.1 Å². The highest BCUT2D eigenvalue weighted by atomic mass is 16.1. The zero-order chi connectivity index (χ0) is 18.9. The molecule has 27 heavy (non-hydrogen) atoms. The van der Waals surface area contributed by atoms with E-state index in [-0.39, 0.29) is 11.8 Å². The summed E-state index contributed by atoms with van der Waals surface area (Å²) in [6.07, 6.45) is 6.87. The predicted molar refractivity (Wildman–Crippen MR) is 106 cm³/mol. The van der Waals surface area contributed by atoms with Crippen LogP contribution in [0, 0.1) is 12.8 Å². The minimum absolute atomic E-state index is 0.146. The van der Waals surface area contributed by atoms with Gasteiger partial charge in [-0.15, -0.1) is 0 Å². The minimum Gasteiger partial charge on any atom is -0.369 e. The summed E-state index contributed by atoms with van der Waals surface area (Å²) >= 11 is 0. The standard InChI is InChI=1S/C23H25N3O/c1-17-15-26(16-25-17)21-13-12-20(14-21)23(22(24)27,18-8-4-2-5-9-18)19-10-6-3-7-11-19/h2-11,15-16,20-21H,12-14H2,1H3,(H2,24,27)/t20-,21-/m0/s1. The molecule has 2 N–H and O–H groups in total. The topological polar surface area (TPSA) is 60.9 Å². The van der Waals surface area contributed by atoms with Crippen LogP contribution in [0.5, 0.6) is 0 Å². The summed E-state index contributed by atoms with van der Waals surface area (Å²) in [4.78, 5) is 17.4. The molecule has 1 amide bonds. The molecule has 0 bridgehead atoms. The Bertz CT molecular complexity index is 878. The Morgan fingerprint density at radius 2 is 1.63 bits per heavy atom. The lowest BCUT2D eigenvalue weighted by Crippen LogP contribution is -2.47. The summed E-state index contributed by atoms with van der Waals surface area (Å²) in [7, 11) is 0. The third-order valence-corrected chi connectivity index (χ3v) is 6.02. The zero-order valence-electron chi connectivity index (χ0n) is 15.6. The van der Waals surface area contributed by atoms with Gasteiger partial charge in [-0.1, -0.05) is 60.7 Å². The second-order valence-electron chi connectivity index (χ2n) is 7.53. The Morgan fingerprint density at radius 1 is 1.04 bits per heavy atom. The van der Waals surface area contributed by atoms with E-state index in [1.54, 1.807) is 0 Å². The van der Waals surface area contributed by atoms with Gasteiger partial charge in [0, 0.05) is 12.2 Å². The number of nitrogens with two attached hydrogens (primary N) is 1. The van der Waals surface area contributed by atoms with Crippen molar-refractivity contribution in [1.29, 1.82) is 0 Å². The van der Waals surface area contributed by atoms with Crippen LogP contribution in [0.15, 0.2) is 73.2 Å². The summed E-state index contributed by atoms with van der Waals surface area (Å²) in [5.74, 6) is -0.125. The van der Waals surface area contributed by atoms with Crippen molar-refractivity contribution in [3.05, 3.63) is 90.0 Å². The van der Waals surface area contributed by atoms with Crippen LogP contribution < -0.4 is 5.73 Å². The van der Waals surface area contributed by atoms with E-state index in [4.69, 9.17) is 5.73 Å². The van der Waals surface area contributed by atoms with Crippen LogP contribution in [0.2, 0.25) is 0 Å². The van der Waals surface area contributed by atoms with Crippen LogP contribution in [-0.2, 0) is 10.2 Å². The van der Waals surface area contributed by atoms with Gasteiger partial charge in [0.2, 0.25) is 5.91 Å². The van der Waals surface area contributed by atoms with Crippen molar-refractivity contribution in [3.63, 3.8) is 0 Å². The Morgan fingerprint density at radius 3 is 2.11 bits per heavy atom. The fraction of sp³-hybridized carbons (Fsp3) is 0.304. The van der Waals surface area contributed by atoms with E-state index in [2.05, 4.69) is 15.7 Å². The summed E-state index contributed by atoms with van der Waals surface area (Å²) < 4.78 is 2.19. The first-order chi connectivity index (χ1) is 13.1. The number of hydrogen-bond acceptors (Lipinski definition) is 2. The van der Waals surface area contributed by atoms with Crippen molar-refractivity contribution in [1.82, 2.24) is 9.55 Å². The number of amides is 1. The molecule has 4 heteroatoms. The van der Waals surface area contributed by atoms with Crippen LogP contribution in [0.25, 0.3) is 0 Å². The quantitative estimate of drug-likeness (QED) is 0.748. The molecule has 0 aliphatic heterocycles. The van der Waals surface area contributed by atoms with Gasteiger partial charge in [0.15, 0.2) is 0 Å². The number of rotatable bonds is 5. The lowest BCUT2D eigenvalue weighted by atomic mass is 9.64. The maximum Gasteiger partial charge on any atom is 0.232 e. The molecule has 138 valence electrons. The van der Waals surface area contributed by atoms with Crippen molar-refractivity contribution in [2.45, 2.75) is 37.6 Å². The van der Waals surface area contributed by atoms with Crippen molar-refractivity contribution in [2.75, 3.05) is 0 Å². The molecule has 1 aliphatic carbocycles. The van der Waals surface area contributed by atoms with E-state index < -0.39 is 5.41 Å². The van der Waals surface area contributed by atoms with Gasteiger partial charge in [-0.25, -0.2) is 4.98 Å². The van der Waals surface area contributed by atoms with Crippen molar-refractivity contribution in [2.24, 2.45) is 11.7 Å². The number of hydrogen-bond donors (Lipinski definition) is 1. The number of carbonyl (C=O) groups excluding carboxylic acids is 1. The number of primary amides is 1. The maximum absolute atomic E-state index is 13.1. The molecule has 1 fully saturated rings. The summed E-state index contributed by atoms with van der Waals surface area (Å²) in [6, 6.07) is 20.4. The summed E-state index contributed by atoms with van der Waals surface area (Å²) in [5.41, 5.74) is 8.32. The Labute approximate surface area is 160 Å². The predicted octanol–water partition coefficient (Wildman–Crippen LogP) is 4.00. The van der Waals surface area contributed by atoms with E-state index in [0.29, 0.717) is 6.04 Å². The third-order valence-electron chi connectivity index (χ3n) is 6.02. The number of carbonyl (C=O) groups is 1. The highest BCUT2D eigenvalue weighted by molar-refractivity contribution is 5.91. The van der Waals surface area contributed by atoms with Crippen LogP contribution in [0.4, 0.5) is 0 Å². The molecule has 4 nitrogen and oxygen atoms in total. The second kappa shape index (κ2) is 7.03. The van der Waals surface area contributed by atoms with Gasteiger partial charge in [-0.3, -0.25) is 4.79 Å².